The summed E-state index contributed by atoms with van der Waals surface area (Å²) in [5.41, 5.74) is 16.1. The van der Waals surface area contributed by atoms with Gasteiger partial charge in [0.05, 0.1) is 0 Å². The Kier molecular flexibility index (Phi) is 4.21. The van der Waals surface area contributed by atoms with E-state index in [4.69, 9.17) is 5.73 Å². The van der Waals surface area contributed by atoms with Crippen LogP contribution in [0.25, 0.3) is 38.2 Å². The molecule has 0 heterocycles. The lowest BCUT2D eigenvalue weighted by Crippen LogP contribution is -2.27. The van der Waals surface area contributed by atoms with E-state index in [1.165, 1.54) is 38.4 Å². The molecule has 2 N–H and O–H groups in total. The molecule has 4 aromatic rings. The third-order valence-corrected chi connectivity index (χ3v) is 7.67. The molecule has 0 aliphatic heterocycles. The average molecular weight is 430 g/mol. The first-order valence-corrected chi connectivity index (χ1v) is 12.0. The van der Waals surface area contributed by atoms with Gasteiger partial charge < -0.3 is 5.73 Å². The van der Waals surface area contributed by atoms with Gasteiger partial charge in [-0.05, 0) is 68.2 Å². The van der Waals surface area contributed by atoms with Crippen LogP contribution in [-0.2, 0) is 5.41 Å². The molecule has 1 heteroatoms. The second-order valence-corrected chi connectivity index (χ2v) is 11.2. The fourth-order valence-electron chi connectivity index (χ4n) is 6.19. The number of hydrogen-bond acceptors (Lipinski definition) is 1. The van der Waals surface area contributed by atoms with E-state index in [1.807, 2.05) is 0 Å². The molecule has 0 atom stereocenters. The molecule has 33 heavy (non-hydrogen) atoms. The predicted molar refractivity (Wildman–Crippen MR) is 143 cm³/mol. The van der Waals surface area contributed by atoms with Crippen molar-refractivity contribution in [1.82, 2.24) is 0 Å². The molecular weight excluding hydrogens is 398 g/mol. The molecule has 0 spiro atoms. The maximum absolute atomic E-state index is 6.63. The lowest BCUT2D eigenvalue weighted by atomic mass is 9.64. The molecule has 0 aromatic heterocycles. The molecule has 1 nitrogen and oxygen atoms in total. The van der Waals surface area contributed by atoms with Crippen molar-refractivity contribution in [2.75, 3.05) is 5.73 Å². The van der Waals surface area contributed by atoms with Gasteiger partial charge in [-0.3, -0.25) is 0 Å². The van der Waals surface area contributed by atoms with Gasteiger partial charge in [0.2, 0.25) is 0 Å². The van der Waals surface area contributed by atoms with Crippen molar-refractivity contribution in [3.05, 3.63) is 95.6 Å². The lowest BCUT2D eigenvalue weighted by molar-refractivity contribution is 0.429. The van der Waals surface area contributed by atoms with E-state index in [0.717, 1.165) is 29.5 Å². The number of benzene rings is 4. The summed E-state index contributed by atoms with van der Waals surface area (Å²) < 4.78 is 0. The van der Waals surface area contributed by atoms with Gasteiger partial charge in [-0.25, -0.2) is 0 Å². The van der Waals surface area contributed by atoms with Crippen LogP contribution < -0.4 is 5.73 Å². The summed E-state index contributed by atoms with van der Waals surface area (Å²) in [6, 6.07) is 24.2. The second kappa shape index (κ2) is 6.84. The highest BCUT2D eigenvalue weighted by molar-refractivity contribution is 6.03. The van der Waals surface area contributed by atoms with Crippen LogP contribution in [-0.4, -0.2) is 0 Å². The highest BCUT2D eigenvalue weighted by Crippen LogP contribution is 2.51. The Labute approximate surface area is 196 Å². The fraction of sp³-hybridized carbons (Fsp3) is 0.250. The van der Waals surface area contributed by atoms with Crippen LogP contribution in [0.1, 0.15) is 51.7 Å². The molecule has 0 fully saturated rings. The van der Waals surface area contributed by atoms with Gasteiger partial charge >= 0.3 is 0 Å². The van der Waals surface area contributed by atoms with Crippen LogP contribution in [0, 0.1) is 5.41 Å². The molecule has 6 rings (SSSR count). The number of nitrogens with two attached hydrogens (primary N) is 1. The van der Waals surface area contributed by atoms with E-state index >= 15 is 0 Å². The van der Waals surface area contributed by atoms with E-state index in [2.05, 4.69) is 107 Å². The summed E-state index contributed by atoms with van der Waals surface area (Å²) in [4.78, 5) is 0. The average Bonchev–Trinajstić information content (AvgIpc) is 2.77. The van der Waals surface area contributed by atoms with Crippen LogP contribution in [0.4, 0.5) is 5.69 Å². The van der Waals surface area contributed by atoms with Crippen molar-refractivity contribution >= 4 is 32.8 Å². The first kappa shape index (κ1) is 20.3. The maximum atomic E-state index is 6.63. The number of fused-ring (bicyclic) bond motifs is 5. The Bertz CT molecular complexity index is 1510. The summed E-state index contributed by atoms with van der Waals surface area (Å²) in [6.07, 6.45) is 7.05. The van der Waals surface area contributed by atoms with Crippen molar-refractivity contribution in [3.8, 4) is 11.1 Å². The van der Waals surface area contributed by atoms with Gasteiger partial charge in [-0.2, -0.15) is 0 Å². The first-order chi connectivity index (χ1) is 15.7. The summed E-state index contributed by atoms with van der Waals surface area (Å²) in [5.74, 6) is 0. The number of allylic oxidation sites excluding steroid dienone is 4. The molecule has 0 radical (unpaired) electrons. The molecule has 0 saturated carbocycles. The van der Waals surface area contributed by atoms with Gasteiger partial charge in [0.15, 0.2) is 0 Å². The van der Waals surface area contributed by atoms with Gasteiger partial charge in [0, 0.05) is 16.6 Å². The van der Waals surface area contributed by atoms with E-state index in [1.54, 1.807) is 5.57 Å². The van der Waals surface area contributed by atoms with Crippen LogP contribution in [0.2, 0.25) is 0 Å². The van der Waals surface area contributed by atoms with Crippen molar-refractivity contribution in [3.63, 3.8) is 0 Å². The zero-order chi connectivity index (χ0) is 23.0. The summed E-state index contributed by atoms with van der Waals surface area (Å²) >= 11 is 0. The molecule has 0 bridgehead atoms. The SMILES string of the molecule is CC1(C)C=CC2=C(C1)CC(C)(C)c1c2ccc2cc(-c3ccc4ccccc4c3N)ccc12. The summed E-state index contributed by atoms with van der Waals surface area (Å²) in [7, 11) is 0. The summed E-state index contributed by atoms with van der Waals surface area (Å²) in [5, 5.41) is 4.96. The van der Waals surface area contributed by atoms with Gasteiger partial charge in [0.25, 0.3) is 0 Å². The third-order valence-electron chi connectivity index (χ3n) is 7.67. The zero-order valence-electron chi connectivity index (χ0n) is 20.0. The lowest BCUT2D eigenvalue weighted by Gasteiger charge is -2.40. The number of rotatable bonds is 1. The standard InChI is InChI=1S/C32H31N/c1-31(2)16-15-24-23(18-31)19-32(3,4)29-25-12-10-22(17-21(25)11-14-28(24)29)27-13-9-20-7-5-6-8-26(20)30(27)33/h5-17H,18-19,33H2,1-4H3. The normalized spacial score (nSPS) is 18.4. The monoisotopic (exact) mass is 429 g/mol. The van der Waals surface area contributed by atoms with Crippen molar-refractivity contribution < 1.29 is 0 Å². The molecule has 2 aliphatic carbocycles. The Morgan fingerprint density at radius 1 is 0.727 bits per heavy atom. The molecule has 0 unspecified atom stereocenters. The summed E-state index contributed by atoms with van der Waals surface area (Å²) in [6.45, 7) is 9.51. The van der Waals surface area contributed by atoms with Crippen molar-refractivity contribution in [2.24, 2.45) is 5.41 Å². The number of nitrogen functional groups attached to an aromatic ring is 1. The van der Waals surface area contributed by atoms with Gasteiger partial charge in [-0.15, -0.1) is 0 Å². The van der Waals surface area contributed by atoms with Gasteiger partial charge in [-0.1, -0.05) is 106 Å². The Morgan fingerprint density at radius 3 is 2.33 bits per heavy atom. The van der Waals surface area contributed by atoms with Crippen LogP contribution in [0.15, 0.2) is 84.5 Å². The second-order valence-electron chi connectivity index (χ2n) is 11.2. The van der Waals surface area contributed by atoms with Crippen LogP contribution in [0.3, 0.4) is 0 Å². The van der Waals surface area contributed by atoms with E-state index in [9.17, 15) is 0 Å². The van der Waals surface area contributed by atoms with E-state index in [0.29, 0.717) is 0 Å². The van der Waals surface area contributed by atoms with Crippen molar-refractivity contribution in [2.45, 2.75) is 46.0 Å². The molecule has 2 aliphatic rings. The van der Waals surface area contributed by atoms with Crippen LogP contribution >= 0.6 is 0 Å². The topological polar surface area (TPSA) is 26.0 Å². The molecule has 164 valence electrons. The Balaban J connectivity index is 1.53. The third kappa shape index (κ3) is 3.14. The van der Waals surface area contributed by atoms with E-state index < -0.39 is 0 Å². The number of hydrogen-bond donors (Lipinski definition) is 1. The highest BCUT2D eigenvalue weighted by Gasteiger charge is 2.36. The molecular formula is C32H31N. The molecule has 0 saturated heterocycles. The Morgan fingerprint density at radius 2 is 1.48 bits per heavy atom. The largest absolute Gasteiger partial charge is 0.398 e. The minimum absolute atomic E-state index is 0.110. The fourth-order valence-corrected chi connectivity index (χ4v) is 6.19. The highest BCUT2D eigenvalue weighted by atomic mass is 14.6. The quantitative estimate of drug-likeness (QED) is 0.301. The van der Waals surface area contributed by atoms with Crippen LogP contribution in [0.5, 0.6) is 0 Å². The minimum Gasteiger partial charge on any atom is -0.398 e. The van der Waals surface area contributed by atoms with Crippen molar-refractivity contribution in [1.29, 1.82) is 0 Å². The Hall–Kier alpha value is -3.32. The van der Waals surface area contributed by atoms with Gasteiger partial charge in [0.1, 0.15) is 0 Å². The number of anilines is 1. The maximum Gasteiger partial charge on any atom is 0.0473 e. The first-order valence-electron chi connectivity index (χ1n) is 12.0. The molecule has 4 aromatic carbocycles. The predicted octanol–water partition coefficient (Wildman–Crippen LogP) is 8.66. The molecule has 0 amide bonds. The smallest absolute Gasteiger partial charge is 0.0473 e. The van der Waals surface area contributed by atoms with E-state index in [-0.39, 0.29) is 10.8 Å². The zero-order valence-corrected chi connectivity index (χ0v) is 20.0. The minimum atomic E-state index is 0.110.